The van der Waals surface area contributed by atoms with Gasteiger partial charge in [0.2, 0.25) is 5.78 Å². The summed E-state index contributed by atoms with van der Waals surface area (Å²) in [5, 5.41) is 2.96. The predicted octanol–water partition coefficient (Wildman–Crippen LogP) is 5.48. The van der Waals surface area contributed by atoms with Gasteiger partial charge in [-0.25, -0.2) is 0 Å². The number of rotatable bonds is 10. The first-order valence-electron chi connectivity index (χ1n) is 11.7. The van der Waals surface area contributed by atoms with Gasteiger partial charge < -0.3 is 18.4 Å². The summed E-state index contributed by atoms with van der Waals surface area (Å²) in [5.41, 5.74) is 1.38. The molecule has 0 bridgehead atoms. The summed E-state index contributed by atoms with van der Waals surface area (Å²) in [7, 11) is -2.82. The Balaban J connectivity index is 1.64. The number of carbonyl (C=O) groups excluding carboxylic acids is 1. The number of carbonyl (C=O) groups is 1. The monoisotopic (exact) mass is 537 g/mol. The lowest BCUT2D eigenvalue weighted by molar-refractivity contribution is 0.0917. The van der Waals surface area contributed by atoms with Crippen LogP contribution in [-0.2, 0) is 16.7 Å². The van der Waals surface area contributed by atoms with Crippen molar-refractivity contribution in [2.24, 2.45) is 5.18 Å². The number of nitrogens with zero attached hydrogens (tertiary/aromatic N) is 1. The molecule has 0 aliphatic carbocycles. The first-order valence-corrected chi connectivity index (χ1v) is 13.1. The molecular formula is C28H27NO8S. The van der Waals surface area contributed by atoms with Crippen LogP contribution in [-0.4, -0.2) is 33.5 Å². The van der Waals surface area contributed by atoms with E-state index in [-0.39, 0.29) is 28.5 Å². The number of hydrogen-bond acceptors (Lipinski definition) is 9. The van der Waals surface area contributed by atoms with Gasteiger partial charge in [0, 0.05) is 11.6 Å². The van der Waals surface area contributed by atoms with E-state index >= 15 is 0 Å². The number of ketones is 1. The SMILES string of the molecule is COc1ccc(C(=O)COc2c(CN=O)ccc3c2C=CC(C)(C)O3)c(OS(=O)(=O)c2ccc(C)cc2)c1. The summed E-state index contributed by atoms with van der Waals surface area (Å²) in [4.78, 5) is 24.2. The maximum Gasteiger partial charge on any atom is 0.339 e. The Hall–Kier alpha value is -4.18. The molecule has 0 saturated carbocycles. The van der Waals surface area contributed by atoms with E-state index in [4.69, 9.17) is 18.4 Å². The molecule has 198 valence electrons. The van der Waals surface area contributed by atoms with Crippen LogP contribution >= 0.6 is 0 Å². The largest absolute Gasteiger partial charge is 0.497 e. The predicted molar refractivity (Wildman–Crippen MR) is 141 cm³/mol. The lowest BCUT2D eigenvalue weighted by atomic mass is 9.99. The van der Waals surface area contributed by atoms with Crippen molar-refractivity contribution in [2.75, 3.05) is 13.7 Å². The fraction of sp³-hybridized carbons (Fsp3) is 0.250. The number of hydrogen-bond donors (Lipinski definition) is 0. The molecule has 1 heterocycles. The molecule has 0 spiro atoms. The average molecular weight is 538 g/mol. The maximum absolute atomic E-state index is 13.3. The van der Waals surface area contributed by atoms with Crippen LogP contribution in [0.15, 0.2) is 70.7 Å². The molecule has 3 aromatic rings. The van der Waals surface area contributed by atoms with Crippen LogP contribution in [0.25, 0.3) is 6.08 Å². The van der Waals surface area contributed by atoms with E-state index < -0.39 is 28.1 Å². The van der Waals surface area contributed by atoms with E-state index in [9.17, 15) is 18.1 Å². The highest BCUT2D eigenvalue weighted by Gasteiger charge is 2.27. The Morgan fingerprint density at radius 3 is 2.47 bits per heavy atom. The minimum Gasteiger partial charge on any atom is -0.497 e. The van der Waals surface area contributed by atoms with Gasteiger partial charge in [-0.2, -0.15) is 13.3 Å². The number of ether oxygens (including phenoxy) is 3. The quantitative estimate of drug-likeness (QED) is 0.189. The highest BCUT2D eigenvalue weighted by Crippen LogP contribution is 2.39. The standard InChI is InChI=1S/C28H27NO8S/c1-18-5-9-21(10-6-18)38(32,33)37-26-15-20(34-4)8-11-22(26)24(30)17-35-27-19(16-29-31)7-12-25-23(27)13-14-28(2,3)36-25/h5-15H,16-17H2,1-4H3. The zero-order valence-electron chi connectivity index (χ0n) is 21.4. The minimum absolute atomic E-state index is 0.0192. The third-order valence-corrected chi connectivity index (χ3v) is 7.09. The topological polar surface area (TPSA) is 118 Å². The van der Waals surface area contributed by atoms with Gasteiger partial charge in [-0.3, -0.25) is 4.79 Å². The van der Waals surface area contributed by atoms with E-state index in [0.29, 0.717) is 22.6 Å². The number of Topliss-reactive ketones (excluding diaryl/α,β-unsaturated/α-hetero) is 1. The van der Waals surface area contributed by atoms with Crippen molar-refractivity contribution < 1.29 is 31.6 Å². The molecule has 0 saturated heterocycles. The van der Waals surface area contributed by atoms with Crippen LogP contribution < -0.4 is 18.4 Å². The third kappa shape index (κ3) is 5.86. The van der Waals surface area contributed by atoms with Crippen LogP contribution in [0.3, 0.4) is 0 Å². The van der Waals surface area contributed by atoms with E-state index in [2.05, 4.69) is 5.18 Å². The Morgan fingerprint density at radius 2 is 1.79 bits per heavy atom. The van der Waals surface area contributed by atoms with Crippen LogP contribution in [0.1, 0.15) is 40.9 Å². The van der Waals surface area contributed by atoms with Crippen molar-refractivity contribution in [3.05, 3.63) is 87.8 Å². The lowest BCUT2D eigenvalue weighted by Crippen LogP contribution is -2.27. The second kappa shape index (κ2) is 10.7. The summed E-state index contributed by atoms with van der Waals surface area (Å²) in [6.45, 7) is 4.99. The summed E-state index contributed by atoms with van der Waals surface area (Å²) in [5.74, 6) is 0.370. The second-order valence-electron chi connectivity index (χ2n) is 9.22. The van der Waals surface area contributed by atoms with Crippen molar-refractivity contribution in [1.29, 1.82) is 0 Å². The van der Waals surface area contributed by atoms with Crippen molar-refractivity contribution in [3.63, 3.8) is 0 Å². The lowest BCUT2D eigenvalue weighted by Gasteiger charge is -2.29. The van der Waals surface area contributed by atoms with Gasteiger partial charge in [-0.1, -0.05) is 22.9 Å². The fourth-order valence-corrected chi connectivity index (χ4v) is 4.79. The number of fused-ring (bicyclic) bond motifs is 1. The highest BCUT2D eigenvalue weighted by molar-refractivity contribution is 7.87. The molecule has 3 aromatic carbocycles. The minimum atomic E-state index is -4.24. The van der Waals surface area contributed by atoms with E-state index in [1.807, 2.05) is 32.9 Å². The molecule has 4 rings (SSSR count). The highest BCUT2D eigenvalue weighted by atomic mass is 32.2. The number of nitroso groups, excluding NO2 is 1. The molecule has 9 nitrogen and oxygen atoms in total. The number of methoxy groups -OCH3 is 1. The zero-order valence-corrected chi connectivity index (χ0v) is 22.2. The molecule has 0 atom stereocenters. The maximum atomic E-state index is 13.3. The third-order valence-electron chi connectivity index (χ3n) is 5.84. The van der Waals surface area contributed by atoms with E-state index in [1.54, 1.807) is 24.3 Å². The molecule has 10 heteroatoms. The summed E-state index contributed by atoms with van der Waals surface area (Å²) in [6, 6.07) is 13.8. The van der Waals surface area contributed by atoms with Gasteiger partial charge in [0.25, 0.3) is 0 Å². The molecule has 1 aliphatic heterocycles. The molecule has 0 aromatic heterocycles. The summed E-state index contributed by atoms with van der Waals surface area (Å²) in [6.07, 6.45) is 3.65. The molecule has 0 radical (unpaired) electrons. The Bertz CT molecular complexity index is 1510. The van der Waals surface area contributed by atoms with Crippen molar-refractivity contribution in [1.82, 2.24) is 0 Å². The summed E-state index contributed by atoms with van der Waals surface area (Å²) >= 11 is 0. The molecular weight excluding hydrogens is 510 g/mol. The first kappa shape index (κ1) is 26.9. The normalized spacial score (nSPS) is 13.7. The molecule has 0 unspecified atom stereocenters. The molecule has 0 amide bonds. The van der Waals surface area contributed by atoms with Crippen LogP contribution in [0.2, 0.25) is 0 Å². The van der Waals surface area contributed by atoms with Gasteiger partial charge >= 0.3 is 10.1 Å². The Morgan fingerprint density at radius 1 is 1.05 bits per heavy atom. The number of benzene rings is 3. The molecule has 38 heavy (non-hydrogen) atoms. The van der Waals surface area contributed by atoms with Crippen LogP contribution in [0.5, 0.6) is 23.0 Å². The molecule has 1 aliphatic rings. The summed E-state index contributed by atoms with van der Waals surface area (Å²) < 4.78 is 48.3. The average Bonchev–Trinajstić information content (AvgIpc) is 2.87. The molecule has 0 fully saturated rings. The number of aryl methyl sites for hydroxylation is 1. The van der Waals surface area contributed by atoms with Gasteiger partial charge in [-0.05, 0) is 69.3 Å². The van der Waals surface area contributed by atoms with Crippen molar-refractivity contribution >= 4 is 22.0 Å². The van der Waals surface area contributed by atoms with Gasteiger partial charge in [-0.15, -0.1) is 0 Å². The fourth-order valence-electron chi connectivity index (χ4n) is 3.86. The molecule has 0 N–H and O–H groups in total. The van der Waals surface area contributed by atoms with Crippen molar-refractivity contribution in [2.45, 2.75) is 37.8 Å². The van der Waals surface area contributed by atoms with Gasteiger partial charge in [0.15, 0.2) is 12.4 Å². The van der Waals surface area contributed by atoms with E-state index in [0.717, 1.165) is 5.56 Å². The van der Waals surface area contributed by atoms with Gasteiger partial charge in [0.1, 0.15) is 34.3 Å². The van der Waals surface area contributed by atoms with E-state index in [1.165, 1.54) is 37.4 Å². The van der Waals surface area contributed by atoms with Crippen LogP contribution in [0.4, 0.5) is 0 Å². The second-order valence-corrected chi connectivity index (χ2v) is 10.8. The van der Waals surface area contributed by atoms with Gasteiger partial charge in [0.05, 0.1) is 18.2 Å². The Kier molecular flexibility index (Phi) is 7.54. The first-order chi connectivity index (χ1) is 18.0. The Labute approximate surface area is 221 Å². The zero-order chi connectivity index (χ0) is 27.5. The van der Waals surface area contributed by atoms with Crippen LogP contribution in [0, 0.1) is 11.8 Å². The smallest absolute Gasteiger partial charge is 0.339 e. The van der Waals surface area contributed by atoms with Crippen molar-refractivity contribution in [3.8, 4) is 23.0 Å².